The molecule has 2 rings (SSSR count). The summed E-state index contributed by atoms with van der Waals surface area (Å²) in [6.07, 6.45) is 2.93. The van der Waals surface area contributed by atoms with Crippen LogP contribution in [-0.2, 0) is 10.0 Å². The van der Waals surface area contributed by atoms with Crippen molar-refractivity contribution in [1.82, 2.24) is 9.84 Å². The van der Waals surface area contributed by atoms with Crippen molar-refractivity contribution >= 4 is 31.6 Å². The van der Waals surface area contributed by atoms with Crippen molar-refractivity contribution in [2.75, 3.05) is 5.73 Å². The van der Waals surface area contributed by atoms with E-state index in [9.17, 15) is 12.8 Å². The van der Waals surface area contributed by atoms with Crippen LogP contribution in [0, 0.1) is 5.82 Å². The topological polar surface area (TPSA) is 75.4 Å². The number of rotatable bonds is 3. The van der Waals surface area contributed by atoms with Crippen LogP contribution >= 0.6 is 15.9 Å². The highest BCUT2D eigenvalue weighted by molar-refractivity contribution is 9.10. The second kappa shape index (κ2) is 6.20. The van der Waals surface area contributed by atoms with Crippen LogP contribution < -0.4 is 10.6 Å². The molecule has 1 heterocycles. The second-order valence-corrected chi connectivity index (χ2v) is 7.92. The van der Waals surface area contributed by atoms with Gasteiger partial charge in [0, 0.05) is 12.1 Å². The zero-order valence-electron chi connectivity index (χ0n) is 11.9. The number of sulfonamides is 1. The van der Waals surface area contributed by atoms with Crippen molar-refractivity contribution < 1.29 is 12.8 Å². The third-order valence-corrected chi connectivity index (χ3v) is 5.75. The van der Waals surface area contributed by atoms with Gasteiger partial charge in [-0.25, -0.2) is 17.8 Å². The number of hydrogen-bond acceptors (Lipinski definition) is 4. The maximum absolute atomic E-state index is 13.4. The number of anilines is 1. The van der Waals surface area contributed by atoms with E-state index in [0.29, 0.717) is 0 Å². The summed E-state index contributed by atoms with van der Waals surface area (Å²) in [5.41, 5.74) is 5.54. The molecule has 118 valence electrons. The van der Waals surface area contributed by atoms with Crippen LogP contribution in [0.4, 0.5) is 10.1 Å². The lowest BCUT2D eigenvalue weighted by atomic mass is 10.0. The molecule has 0 bridgehead atoms. The van der Waals surface area contributed by atoms with E-state index in [2.05, 4.69) is 20.8 Å². The normalized spacial score (nSPS) is 24.2. The molecule has 8 heteroatoms. The fourth-order valence-corrected chi connectivity index (χ4v) is 4.44. The Balaban J connectivity index is 2.32. The van der Waals surface area contributed by atoms with Crippen molar-refractivity contribution in [2.24, 2.45) is 0 Å². The van der Waals surface area contributed by atoms with Gasteiger partial charge in [0.25, 0.3) is 10.0 Å². The van der Waals surface area contributed by atoms with E-state index in [-0.39, 0.29) is 27.1 Å². The zero-order valence-corrected chi connectivity index (χ0v) is 14.3. The van der Waals surface area contributed by atoms with Crippen molar-refractivity contribution in [3.8, 4) is 0 Å². The van der Waals surface area contributed by atoms with E-state index in [1.165, 1.54) is 6.07 Å². The smallest absolute Gasteiger partial charge is 0.255 e. The molecule has 0 aliphatic carbocycles. The average Bonchev–Trinajstić information content (AvgIpc) is 2.38. The Hall–Kier alpha value is -0.700. The quantitative estimate of drug-likeness (QED) is 0.791. The van der Waals surface area contributed by atoms with E-state index < -0.39 is 15.8 Å². The Kier molecular flexibility index (Phi) is 4.92. The monoisotopic (exact) mass is 379 g/mol. The van der Waals surface area contributed by atoms with Gasteiger partial charge in [-0.1, -0.05) is 6.42 Å². The number of piperidine rings is 1. The number of hydrazine groups is 1. The van der Waals surface area contributed by atoms with Crippen molar-refractivity contribution in [2.45, 2.75) is 50.1 Å². The van der Waals surface area contributed by atoms with Gasteiger partial charge in [-0.2, -0.15) is 0 Å². The molecule has 1 aromatic rings. The standard InChI is InChI=1S/C13H19BrFN3O2S/c1-8-4-3-5-9(2)18(8)17-21(19,20)13-6-10(14)11(15)7-12(13)16/h6-9,17H,3-5,16H2,1-2H3. The summed E-state index contributed by atoms with van der Waals surface area (Å²) in [7, 11) is -3.84. The Morgan fingerprint density at radius 2 is 1.90 bits per heavy atom. The minimum atomic E-state index is -3.84. The molecule has 0 radical (unpaired) electrons. The Morgan fingerprint density at radius 3 is 2.48 bits per heavy atom. The van der Waals surface area contributed by atoms with Crippen molar-refractivity contribution in [3.05, 3.63) is 22.4 Å². The largest absolute Gasteiger partial charge is 0.398 e. The number of halogens is 2. The highest BCUT2D eigenvalue weighted by Gasteiger charge is 2.30. The van der Waals surface area contributed by atoms with E-state index in [1.54, 1.807) is 5.01 Å². The molecule has 1 aliphatic rings. The molecular formula is C13H19BrFN3O2S. The first-order valence-corrected chi connectivity index (χ1v) is 9.05. The lowest BCUT2D eigenvalue weighted by molar-refractivity contribution is 0.0790. The molecule has 21 heavy (non-hydrogen) atoms. The summed E-state index contributed by atoms with van der Waals surface area (Å²) in [6, 6.07) is 2.40. The Morgan fingerprint density at radius 1 is 1.33 bits per heavy atom. The van der Waals surface area contributed by atoms with Gasteiger partial charge in [0.1, 0.15) is 10.7 Å². The first kappa shape index (κ1) is 16.7. The highest BCUT2D eigenvalue weighted by atomic mass is 79.9. The first-order valence-electron chi connectivity index (χ1n) is 6.77. The van der Waals surface area contributed by atoms with Gasteiger partial charge < -0.3 is 5.73 Å². The van der Waals surface area contributed by atoms with Crippen LogP contribution in [0.25, 0.3) is 0 Å². The minimum Gasteiger partial charge on any atom is -0.398 e. The van der Waals surface area contributed by atoms with E-state index in [1.807, 2.05) is 13.8 Å². The molecule has 0 saturated carbocycles. The molecule has 1 fully saturated rings. The van der Waals surface area contributed by atoms with Gasteiger partial charge in [0.15, 0.2) is 0 Å². The summed E-state index contributed by atoms with van der Waals surface area (Å²) in [4.78, 5) is 2.46. The molecule has 3 N–H and O–H groups in total. The number of nitrogen functional groups attached to an aromatic ring is 1. The highest BCUT2D eigenvalue weighted by Crippen LogP contribution is 2.27. The first-order chi connectivity index (χ1) is 9.72. The Labute approximate surface area is 132 Å². The summed E-state index contributed by atoms with van der Waals surface area (Å²) in [5, 5.41) is 1.73. The van der Waals surface area contributed by atoms with Crippen LogP contribution in [0.3, 0.4) is 0 Å². The van der Waals surface area contributed by atoms with E-state index >= 15 is 0 Å². The zero-order chi connectivity index (χ0) is 15.8. The predicted octanol–water partition coefficient (Wildman–Crippen LogP) is 2.63. The van der Waals surface area contributed by atoms with Crippen molar-refractivity contribution in [1.29, 1.82) is 0 Å². The third kappa shape index (κ3) is 3.56. The summed E-state index contributed by atoms with van der Waals surface area (Å²) in [6.45, 7) is 3.95. The number of nitrogens with one attached hydrogen (secondary N) is 1. The molecule has 1 aromatic carbocycles. The fraction of sp³-hybridized carbons (Fsp3) is 0.538. The van der Waals surface area contributed by atoms with Crippen LogP contribution in [0.15, 0.2) is 21.5 Å². The van der Waals surface area contributed by atoms with Crippen LogP contribution in [-0.4, -0.2) is 25.5 Å². The van der Waals surface area contributed by atoms with E-state index in [4.69, 9.17) is 5.73 Å². The molecular weight excluding hydrogens is 361 g/mol. The Bertz CT molecular complexity index is 629. The van der Waals surface area contributed by atoms with Gasteiger partial charge in [0.05, 0.1) is 10.2 Å². The predicted molar refractivity (Wildman–Crippen MR) is 83.4 cm³/mol. The van der Waals surface area contributed by atoms with E-state index in [0.717, 1.165) is 25.3 Å². The molecule has 2 atom stereocenters. The lowest BCUT2D eigenvalue weighted by Crippen LogP contribution is -2.54. The molecule has 2 unspecified atom stereocenters. The molecule has 0 aromatic heterocycles. The van der Waals surface area contributed by atoms with Gasteiger partial charge in [-0.3, -0.25) is 0 Å². The fourth-order valence-electron chi connectivity index (χ4n) is 2.57. The third-order valence-electron chi connectivity index (χ3n) is 3.76. The average molecular weight is 380 g/mol. The molecule has 0 spiro atoms. The molecule has 5 nitrogen and oxygen atoms in total. The molecule has 1 saturated heterocycles. The van der Waals surface area contributed by atoms with Gasteiger partial charge in [0.2, 0.25) is 0 Å². The number of hydrogen-bond donors (Lipinski definition) is 2. The summed E-state index contributed by atoms with van der Waals surface area (Å²) in [5.74, 6) is -0.592. The van der Waals surface area contributed by atoms with Gasteiger partial charge in [-0.15, -0.1) is 4.83 Å². The van der Waals surface area contributed by atoms with Gasteiger partial charge >= 0.3 is 0 Å². The minimum absolute atomic E-state index is 0.0665. The number of nitrogens with two attached hydrogens (primary N) is 1. The van der Waals surface area contributed by atoms with Crippen LogP contribution in [0.2, 0.25) is 0 Å². The molecule has 0 amide bonds. The lowest BCUT2D eigenvalue weighted by Gasteiger charge is -2.38. The number of benzene rings is 1. The number of nitrogens with zero attached hydrogens (tertiary/aromatic N) is 1. The SMILES string of the molecule is CC1CCCC(C)N1NS(=O)(=O)c1cc(Br)c(F)cc1N. The van der Waals surface area contributed by atoms with Crippen molar-refractivity contribution in [3.63, 3.8) is 0 Å². The van der Waals surface area contributed by atoms with Crippen LogP contribution in [0.1, 0.15) is 33.1 Å². The maximum Gasteiger partial charge on any atom is 0.255 e. The second-order valence-electron chi connectivity index (χ2n) is 5.44. The maximum atomic E-state index is 13.4. The van der Waals surface area contributed by atoms with Crippen LogP contribution in [0.5, 0.6) is 0 Å². The summed E-state index contributed by atoms with van der Waals surface area (Å²) < 4.78 is 38.4. The molecule has 1 aliphatic heterocycles. The van der Waals surface area contributed by atoms with Gasteiger partial charge in [-0.05, 0) is 54.8 Å². The summed E-state index contributed by atoms with van der Waals surface area (Å²) >= 11 is 2.99.